The van der Waals surface area contributed by atoms with E-state index in [0.29, 0.717) is 34.4 Å². The van der Waals surface area contributed by atoms with Crippen LogP contribution in [0.4, 0.5) is 5.69 Å². The van der Waals surface area contributed by atoms with Gasteiger partial charge in [0.15, 0.2) is 6.61 Å². The summed E-state index contributed by atoms with van der Waals surface area (Å²) >= 11 is 1.52. The number of methoxy groups -OCH3 is 1. The Morgan fingerprint density at radius 2 is 1.86 bits per heavy atom. The molecule has 0 saturated carbocycles. The zero-order chi connectivity index (χ0) is 19.9. The Bertz CT molecular complexity index is 878. The van der Waals surface area contributed by atoms with Crippen molar-refractivity contribution in [3.63, 3.8) is 0 Å². The van der Waals surface area contributed by atoms with E-state index in [1.807, 2.05) is 6.07 Å². The first kappa shape index (κ1) is 19.6. The average Bonchev–Trinajstić information content (AvgIpc) is 3.23. The highest BCUT2D eigenvalue weighted by atomic mass is 32.2. The number of hydrogen-bond acceptors (Lipinski definition) is 6. The van der Waals surface area contributed by atoms with Gasteiger partial charge in [-0.15, -0.1) is 11.8 Å². The number of benzene rings is 2. The Kier molecular flexibility index (Phi) is 6.40. The maximum Gasteiger partial charge on any atom is 0.261 e. The minimum atomic E-state index is -0.562. The molecule has 0 aliphatic carbocycles. The molecule has 0 radical (unpaired) electrons. The van der Waals surface area contributed by atoms with Gasteiger partial charge in [0, 0.05) is 11.4 Å². The molecule has 1 aliphatic heterocycles. The third-order valence-corrected chi connectivity index (χ3v) is 5.22. The Balaban J connectivity index is 1.56. The van der Waals surface area contributed by atoms with E-state index >= 15 is 0 Å². The van der Waals surface area contributed by atoms with Crippen molar-refractivity contribution < 1.29 is 19.1 Å². The third kappa shape index (κ3) is 4.75. The van der Waals surface area contributed by atoms with Gasteiger partial charge in [0.1, 0.15) is 17.5 Å². The number of carbonyl (C=O) groups excluding carboxylic acids is 2. The van der Waals surface area contributed by atoms with Crippen LogP contribution in [-0.4, -0.2) is 48.1 Å². The number of nitrogens with zero attached hydrogens (tertiary/aromatic N) is 2. The van der Waals surface area contributed by atoms with Gasteiger partial charge in [-0.2, -0.15) is 5.26 Å². The van der Waals surface area contributed by atoms with Gasteiger partial charge in [-0.05, 0) is 48.5 Å². The molecule has 3 rings (SSSR count). The van der Waals surface area contributed by atoms with E-state index < -0.39 is 6.04 Å². The van der Waals surface area contributed by atoms with Crippen molar-refractivity contribution in [3.8, 4) is 17.6 Å². The van der Waals surface area contributed by atoms with E-state index in [9.17, 15) is 9.59 Å². The predicted molar refractivity (Wildman–Crippen MR) is 106 cm³/mol. The molecule has 1 N–H and O–H groups in total. The highest BCUT2D eigenvalue weighted by Crippen LogP contribution is 2.23. The molecular weight excluding hydrogens is 378 g/mol. The van der Waals surface area contributed by atoms with Gasteiger partial charge >= 0.3 is 0 Å². The van der Waals surface area contributed by atoms with E-state index in [0.717, 1.165) is 0 Å². The standard InChI is InChI=1S/C20H19N3O4S/c1-26-16-6-8-17(9-7-16)27-11-19(24)23-13-28-12-18(23)20(25)22-15-4-2-14(10-21)3-5-15/h2-9,18H,11-13H2,1H3,(H,22,25)/t18-/m0/s1. The van der Waals surface area contributed by atoms with E-state index in [-0.39, 0.29) is 18.4 Å². The highest BCUT2D eigenvalue weighted by molar-refractivity contribution is 7.99. The minimum Gasteiger partial charge on any atom is -0.497 e. The number of rotatable bonds is 6. The van der Waals surface area contributed by atoms with Crippen LogP contribution in [0.25, 0.3) is 0 Å². The van der Waals surface area contributed by atoms with Crippen LogP contribution in [0, 0.1) is 11.3 Å². The van der Waals surface area contributed by atoms with Gasteiger partial charge in [0.2, 0.25) is 5.91 Å². The normalized spacial score (nSPS) is 15.6. The minimum absolute atomic E-state index is 0.145. The summed E-state index contributed by atoms with van der Waals surface area (Å²) in [6.45, 7) is -0.145. The summed E-state index contributed by atoms with van der Waals surface area (Å²) in [5, 5.41) is 11.6. The number of amides is 2. The zero-order valence-electron chi connectivity index (χ0n) is 15.3. The fraction of sp³-hybridized carbons (Fsp3) is 0.250. The van der Waals surface area contributed by atoms with Crippen LogP contribution in [0.1, 0.15) is 5.56 Å². The van der Waals surface area contributed by atoms with Crippen LogP contribution in [-0.2, 0) is 9.59 Å². The molecule has 144 valence electrons. The average molecular weight is 397 g/mol. The lowest BCUT2D eigenvalue weighted by Crippen LogP contribution is -2.46. The van der Waals surface area contributed by atoms with Crippen LogP contribution in [0.5, 0.6) is 11.5 Å². The SMILES string of the molecule is COc1ccc(OCC(=O)N2CSC[C@H]2C(=O)Nc2ccc(C#N)cc2)cc1. The smallest absolute Gasteiger partial charge is 0.261 e. The molecular formula is C20H19N3O4S. The maximum atomic E-state index is 12.6. The first-order valence-corrected chi connectivity index (χ1v) is 9.71. The lowest BCUT2D eigenvalue weighted by molar-refractivity contribution is -0.137. The lowest BCUT2D eigenvalue weighted by Gasteiger charge is -2.23. The fourth-order valence-corrected chi connectivity index (χ4v) is 3.84. The number of nitrogens with one attached hydrogen (secondary N) is 1. The molecule has 1 aliphatic rings. The number of nitriles is 1. The van der Waals surface area contributed by atoms with E-state index in [2.05, 4.69) is 5.32 Å². The van der Waals surface area contributed by atoms with Gasteiger partial charge in [0.25, 0.3) is 5.91 Å². The van der Waals surface area contributed by atoms with Crippen molar-refractivity contribution >= 4 is 29.3 Å². The summed E-state index contributed by atoms with van der Waals surface area (Å²) in [4.78, 5) is 26.7. The predicted octanol–water partition coefficient (Wildman–Crippen LogP) is 2.49. The molecule has 0 bridgehead atoms. The van der Waals surface area contributed by atoms with Crippen molar-refractivity contribution in [2.24, 2.45) is 0 Å². The second kappa shape index (κ2) is 9.15. The molecule has 2 amide bonds. The molecule has 0 aromatic heterocycles. The van der Waals surface area contributed by atoms with Gasteiger partial charge in [-0.1, -0.05) is 0 Å². The molecule has 1 heterocycles. The molecule has 0 unspecified atom stereocenters. The quantitative estimate of drug-likeness (QED) is 0.805. The first-order valence-electron chi connectivity index (χ1n) is 8.56. The van der Waals surface area contributed by atoms with Crippen LogP contribution in [0.15, 0.2) is 48.5 Å². The highest BCUT2D eigenvalue weighted by Gasteiger charge is 2.34. The van der Waals surface area contributed by atoms with Gasteiger partial charge in [-0.25, -0.2) is 0 Å². The van der Waals surface area contributed by atoms with Crippen LogP contribution in [0.3, 0.4) is 0 Å². The molecule has 2 aromatic rings. The molecule has 28 heavy (non-hydrogen) atoms. The molecule has 7 nitrogen and oxygen atoms in total. The lowest BCUT2D eigenvalue weighted by atomic mass is 10.2. The summed E-state index contributed by atoms with van der Waals surface area (Å²) < 4.78 is 10.6. The molecule has 8 heteroatoms. The number of anilines is 1. The second-order valence-corrected chi connectivity index (χ2v) is 7.02. The summed E-state index contributed by atoms with van der Waals surface area (Å²) in [7, 11) is 1.58. The van der Waals surface area contributed by atoms with Crippen molar-refractivity contribution in [1.29, 1.82) is 5.26 Å². The molecule has 0 spiro atoms. The summed E-state index contributed by atoms with van der Waals surface area (Å²) in [6, 6.07) is 15.0. The number of ether oxygens (including phenoxy) is 2. The molecule has 1 saturated heterocycles. The van der Waals surface area contributed by atoms with Crippen LogP contribution < -0.4 is 14.8 Å². The Labute approximate surface area is 167 Å². The second-order valence-electron chi connectivity index (χ2n) is 6.02. The van der Waals surface area contributed by atoms with Gasteiger partial charge in [0.05, 0.1) is 24.6 Å². The number of thioether (sulfide) groups is 1. The number of carbonyl (C=O) groups is 2. The van der Waals surface area contributed by atoms with Crippen molar-refractivity contribution in [2.45, 2.75) is 6.04 Å². The summed E-state index contributed by atoms with van der Waals surface area (Å²) in [6.07, 6.45) is 0. The van der Waals surface area contributed by atoms with Crippen LogP contribution >= 0.6 is 11.8 Å². The third-order valence-electron chi connectivity index (χ3n) is 4.21. The van der Waals surface area contributed by atoms with E-state index in [1.165, 1.54) is 16.7 Å². The van der Waals surface area contributed by atoms with Crippen LogP contribution in [0.2, 0.25) is 0 Å². The molecule has 1 atom stereocenters. The largest absolute Gasteiger partial charge is 0.497 e. The van der Waals surface area contributed by atoms with Crippen molar-refractivity contribution in [2.75, 3.05) is 30.7 Å². The number of hydrogen-bond donors (Lipinski definition) is 1. The maximum absolute atomic E-state index is 12.6. The van der Waals surface area contributed by atoms with Gasteiger partial charge < -0.3 is 19.7 Å². The van der Waals surface area contributed by atoms with Gasteiger partial charge in [-0.3, -0.25) is 9.59 Å². The summed E-state index contributed by atoms with van der Waals surface area (Å²) in [5.74, 6) is 1.72. The zero-order valence-corrected chi connectivity index (χ0v) is 16.1. The van der Waals surface area contributed by atoms with Crippen molar-refractivity contribution in [3.05, 3.63) is 54.1 Å². The van der Waals surface area contributed by atoms with Crippen molar-refractivity contribution in [1.82, 2.24) is 4.90 Å². The van der Waals surface area contributed by atoms with E-state index in [1.54, 1.807) is 55.6 Å². The Morgan fingerprint density at radius 1 is 1.18 bits per heavy atom. The summed E-state index contributed by atoms with van der Waals surface area (Å²) in [5.41, 5.74) is 1.10. The Morgan fingerprint density at radius 3 is 2.50 bits per heavy atom. The Hall–Kier alpha value is -3.18. The molecule has 1 fully saturated rings. The fourth-order valence-electron chi connectivity index (χ4n) is 2.66. The topological polar surface area (TPSA) is 91.7 Å². The monoisotopic (exact) mass is 397 g/mol. The van der Waals surface area contributed by atoms with E-state index in [4.69, 9.17) is 14.7 Å². The first-order chi connectivity index (χ1) is 13.6. The molecule has 2 aromatic carbocycles.